The summed E-state index contributed by atoms with van der Waals surface area (Å²) >= 11 is 0. The molecule has 1 atom stereocenters. The molecule has 2 nitrogen and oxygen atoms in total. The van der Waals surface area contributed by atoms with Gasteiger partial charge in [0.2, 0.25) is 5.91 Å². The second-order valence-electron chi connectivity index (χ2n) is 5.79. The Bertz CT molecular complexity index is 660. The molecule has 112 valence electrons. The first kappa shape index (κ1) is 14.6. The molecule has 1 amide bonds. The van der Waals surface area contributed by atoms with Crippen LogP contribution in [-0.4, -0.2) is 5.91 Å². The van der Waals surface area contributed by atoms with E-state index in [1.54, 1.807) is 0 Å². The Labute approximate surface area is 131 Å². The van der Waals surface area contributed by atoms with Gasteiger partial charge in [-0.3, -0.25) is 4.79 Å². The molecule has 0 heterocycles. The first-order valence-electron chi connectivity index (χ1n) is 7.90. The van der Waals surface area contributed by atoms with Crippen LogP contribution in [0.15, 0.2) is 66.7 Å². The molecule has 0 saturated carbocycles. The molecule has 1 unspecified atom stereocenters. The summed E-state index contributed by atoms with van der Waals surface area (Å²) in [5, 5.41) is 3.13. The van der Waals surface area contributed by atoms with Gasteiger partial charge in [0.1, 0.15) is 0 Å². The molecule has 2 aromatic carbocycles. The predicted octanol–water partition coefficient (Wildman–Crippen LogP) is 4.57. The van der Waals surface area contributed by atoms with Crippen molar-refractivity contribution in [1.82, 2.24) is 0 Å². The highest BCUT2D eigenvalue weighted by atomic mass is 16.1. The number of hydrogen-bond acceptors (Lipinski definition) is 1. The van der Waals surface area contributed by atoms with Crippen LogP contribution >= 0.6 is 0 Å². The number of amides is 1. The number of nitrogens with one attached hydrogen (secondary N) is 1. The van der Waals surface area contributed by atoms with Gasteiger partial charge in [-0.05, 0) is 42.9 Å². The lowest BCUT2D eigenvalue weighted by molar-refractivity contribution is -0.120. The van der Waals surface area contributed by atoms with Crippen molar-refractivity contribution in [3.8, 4) is 0 Å². The van der Waals surface area contributed by atoms with Gasteiger partial charge >= 0.3 is 0 Å². The molecule has 0 radical (unpaired) electrons. The number of carbonyl (C=O) groups is 1. The molecule has 0 bridgehead atoms. The molecule has 3 rings (SSSR count). The van der Waals surface area contributed by atoms with Gasteiger partial charge in [-0.25, -0.2) is 0 Å². The normalized spacial score (nSPS) is 17.2. The van der Waals surface area contributed by atoms with Gasteiger partial charge in [0.25, 0.3) is 0 Å². The highest BCUT2D eigenvalue weighted by Crippen LogP contribution is 2.23. The summed E-state index contributed by atoms with van der Waals surface area (Å²) in [5.41, 5.74) is 3.35. The molecule has 0 spiro atoms. The zero-order valence-electron chi connectivity index (χ0n) is 12.7. The van der Waals surface area contributed by atoms with E-state index in [0.29, 0.717) is 0 Å². The van der Waals surface area contributed by atoms with Gasteiger partial charge in [0.15, 0.2) is 0 Å². The third-order valence-corrected chi connectivity index (χ3v) is 4.15. The third-order valence-electron chi connectivity index (χ3n) is 4.15. The standard InChI is InChI=1S/C20H21NO/c22-20(17-11-5-2-6-12-17)21-19-14-8-7-13-18(19)15-16-9-3-1-4-10-16/h1-5,7-10,13-14,17H,6,11-12,15H2,(H,21,22). The van der Waals surface area contributed by atoms with Gasteiger partial charge in [-0.2, -0.15) is 0 Å². The highest BCUT2D eigenvalue weighted by molar-refractivity contribution is 5.93. The minimum absolute atomic E-state index is 0.106. The topological polar surface area (TPSA) is 29.1 Å². The Morgan fingerprint density at radius 3 is 2.55 bits per heavy atom. The van der Waals surface area contributed by atoms with Crippen LogP contribution in [0.5, 0.6) is 0 Å². The van der Waals surface area contributed by atoms with Crippen molar-refractivity contribution >= 4 is 11.6 Å². The van der Waals surface area contributed by atoms with Crippen LogP contribution in [0.4, 0.5) is 5.69 Å². The van der Waals surface area contributed by atoms with E-state index in [0.717, 1.165) is 36.9 Å². The van der Waals surface area contributed by atoms with Crippen LogP contribution in [0, 0.1) is 5.92 Å². The van der Waals surface area contributed by atoms with Crippen molar-refractivity contribution in [3.63, 3.8) is 0 Å². The Morgan fingerprint density at radius 1 is 1.00 bits per heavy atom. The lowest BCUT2D eigenvalue weighted by atomic mass is 9.93. The summed E-state index contributed by atoms with van der Waals surface area (Å²) in [4.78, 5) is 12.4. The van der Waals surface area contributed by atoms with E-state index in [2.05, 4.69) is 35.7 Å². The van der Waals surface area contributed by atoms with Crippen LogP contribution in [0.25, 0.3) is 0 Å². The number of benzene rings is 2. The van der Waals surface area contributed by atoms with Crippen molar-refractivity contribution in [3.05, 3.63) is 77.9 Å². The van der Waals surface area contributed by atoms with Crippen molar-refractivity contribution in [2.45, 2.75) is 25.7 Å². The molecule has 2 aromatic rings. The SMILES string of the molecule is O=C(Nc1ccccc1Cc1ccccc1)C1CC=CCC1. The second-order valence-corrected chi connectivity index (χ2v) is 5.79. The molecular formula is C20H21NO. The molecule has 22 heavy (non-hydrogen) atoms. The second kappa shape index (κ2) is 7.08. The fourth-order valence-corrected chi connectivity index (χ4v) is 2.88. The minimum atomic E-state index is 0.106. The third kappa shape index (κ3) is 3.64. The number of carbonyl (C=O) groups excluding carboxylic acids is 1. The first-order chi connectivity index (χ1) is 10.8. The molecule has 0 aliphatic heterocycles. The number of rotatable bonds is 4. The summed E-state index contributed by atoms with van der Waals surface area (Å²) < 4.78 is 0. The maximum Gasteiger partial charge on any atom is 0.227 e. The zero-order valence-corrected chi connectivity index (χ0v) is 12.7. The van der Waals surface area contributed by atoms with Crippen LogP contribution in [0.3, 0.4) is 0 Å². The van der Waals surface area contributed by atoms with Gasteiger partial charge in [0, 0.05) is 11.6 Å². The summed E-state index contributed by atoms with van der Waals surface area (Å²) in [6.07, 6.45) is 7.91. The Morgan fingerprint density at radius 2 is 1.77 bits per heavy atom. The molecule has 1 N–H and O–H groups in total. The van der Waals surface area contributed by atoms with E-state index >= 15 is 0 Å². The smallest absolute Gasteiger partial charge is 0.227 e. The zero-order chi connectivity index (χ0) is 15.2. The Kier molecular flexibility index (Phi) is 4.69. The lowest BCUT2D eigenvalue weighted by Gasteiger charge is -2.18. The van der Waals surface area contributed by atoms with Crippen LogP contribution in [0.2, 0.25) is 0 Å². The van der Waals surface area contributed by atoms with E-state index in [4.69, 9.17) is 0 Å². The predicted molar refractivity (Wildman–Crippen MR) is 90.8 cm³/mol. The monoisotopic (exact) mass is 291 g/mol. The van der Waals surface area contributed by atoms with Crippen molar-refractivity contribution in [2.24, 2.45) is 5.92 Å². The average molecular weight is 291 g/mol. The molecule has 2 heteroatoms. The lowest BCUT2D eigenvalue weighted by Crippen LogP contribution is -2.24. The fourth-order valence-electron chi connectivity index (χ4n) is 2.88. The summed E-state index contributed by atoms with van der Waals surface area (Å²) in [7, 11) is 0. The van der Waals surface area contributed by atoms with E-state index in [1.807, 2.05) is 36.4 Å². The van der Waals surface area contributed by atoms with Crippen molar-refractivity contribution < 1.29 is 4.79 Å². The largest absolute Gasteiger partial charge is 0.326 e. The average Bonchev–Trinajstić information content (AvgIpc) is 2.58. The fraction of sp³-hybridized carbons (Fsp3) is 0.250. The van der Waals surface area contributed by atoms with Crippen LogP contribution in [0.1, 0.15) is 30.4 Å². The van der Waals surface area contributed by atoms with E-state index in [1.165, 1.54) is 5.56 Å². The number of hydrogen-bond donors (Lipinski definition) is 1. The minimum Gasteiger partial charge on any atom is -0.326 e. The van der Waals surface area contributed by atoms with Crippen LogP contribution in [-0.2, 0) is 11.2 Å². The molecule has 0 fully saturated rings. The quantitative estimate of drug-likeness (QED) is 0.821. The summed E-state index contributed by atoms with van der Waals surface area (Å²) in [6.45, 7) is 0. The van der Waals surface area contributed by atoms with Gasteiger partial charge in [-0.15, -0.1) is 0 Å². The first-order valence-corrected chi connectivity index (χ1v) is 7.90. The summed E-state index contributed by atoms with van der Waals surface area (Å²) in [6, 6.07) is 18.4. The van der Waals surface area contributed by atoms with E-state index in [9.17, 15) is 4.79 Å². The molecule has 0 saturated heterocycles. The Hall–Kier alpha value is -2.35. The van der Waals surface area contributed by atoms with Crippen molar-refractivity contribution in [1.29, 1.82) is 0 Å². The number of anilines is 1. The van der Waals surface area contributed by atoms with Gasteiger partial charge < -0.3 is 5.32 Å². The van der Waals surface area contributed by atoms with Gasteiger partial charge in [-0.1, -0.05) is 60.7 Å². The molecular weight excluding hydrogens is 270 g/mol. The van der Waals surface area contributed by atoms with E-state index < -0.39 is 0 Å². The number of allylic oxidation sites excluding steroid dienone is 2. The van der Waals surface area contributed by atoms with Gasteiger partial charge in [0.05, 0.1) is 0 Å². The van der Waals surface area contributed by atoms with Crippen LogP contribution < -0.4 is 5.32 Å². The van der Waals surface area contributed by atoms with E-state index in [-0.39, 0.29) is 11.8 Å². The maximum atomic E-state index is 12.4. The molecule has 0 aromatic heterocycles. The Balaban J connectivity index is 1.73. The molecule has 1 aliphatic rings. The number of para-hydroxylation sites is 1. The van der Waals surface area contributed by atoms with Crippen molar-refractivity contribution in [2.75, 3.05) is 5.32 Å². The molecule has 1 aliphatic carbocycles. The maximum absolute atomic E-state index is 12.4. The summed E-state index contributed by atoms with van der Waals surface area (Å²) in [5.74, 6) is 0.250. The highest BCUT2D eigenvalue weighted by Gasteiger charge is 2.19.